The standard InChI is InChI=1S/C21H17Cl4NO2/c1-27-20-7-2-4-13(11-26-14-8-9-18(24)19(25)10-14)21(20)28-12-15-16(22)5-3-6-17(15)23/h2-10,26H,11-12H2,1H3. The molecule has 0 fully saturated rings. The molecule has 0 radical (unpaired) electrons. The third-order valence-corrected chi connectivity index (χ3v) is 5.55. The van der Waals surface area contributed by atoms with E-state index >= 15 is 0 Å². The Bertz CT molecular complexity index is 958. The molecule has 0 unspecified atom stereocenters. The van der Waals surface area contributed by atoms with Crippen LogP contribution in [0.4, 0.5) is 5.69 Å². The third kappa shape index (κ3) is 4.98. The average molecular weight is 457 g/mol. The largest absolute Gasteiger partial charge is 0.493 e. The Morgan fingerprint density at radius 3 is 2.21 bits per heavy atom. The summed E-state index contributed by atoms with van der Waals surface area (Å²) in [4.78, 5) is 0. The number of nitrogens with one attached hydrogen (secondary N) is 1. The van der Waals surface area contributed by atoms with Gasteiger partial charge in [-0.25, -0.2) is 0 Å². The highest BCUT2D eigenvalue weighted by molar-refractivity contribution is 6.42. The van der Waals surface area contributed by atoms with Crippen molar-refractivity contribution in [1.29, 1.82) is 0 Å². The van der Waals surface area contributed by atoms with Crippen molar-refractivity contribution in [2.24, 2.45) is 0 Å². The van der Waals surface area contributed by atoms with Gasteiger partial charge in [-0.05, 0) is 36.4 Å². The number of anilines is 1. The van der Waals surface area contributed by atoms with Crippen LogP contribution >= 0.6 is 46.4 Å². The molecule has 3 nitrogen and oxygen atoms in total. The Labute approximate surface area is 184 Å². The van der Waals surface area contributed by atoms with E-state index in [2.05, 4.69) is 5.32 Å². The van der Waals surface area contributed by atoms with E-state index < -0.39 is 0 Å². The summed E-state index contributed by atoms with van der Waals surface area (Å²) in [5, 5.41) is 5.41. The molecule has 0 amide bonds. The molecular weight excluding hydrogens is 440 g/mol. The molecule has 0 saturated carbocycles. The number of para-hydroxylation sites is 1. The van der Waals surface area contributed by atoms with E-state index in [1.54, 1.807) is 37.4 Å². The van der Waals surface area contributed by atoms with Crippen molar-refractivity contribution < 1.29 is 9.47 Å². The number of rotatable bonds is 7. The second kappa shape index (κ2) is 9.62. The van der Waals surface area contributed by atoms with Gasteiger partial charge in [-0.3, -0.25) is 0 Å². The Morgan fingerprint density at radius 2 is 1.54 bits per heavy atom. The van der Waals surface area contributed by atoms with Crippen LogP contribution in [0, 0.1) is 0 Å². The number of ether oxygens (including phenoxy) is 2. The van der Waals surface area contributed by atoms with Gasteiger partial charge in [0.05, 0.1) is 17.2 Å². The first-order valence-corrected chi connectivity index (χ1v) is 9.91. The summed E-state index contributed by atoms with van der Waals surface area (Å²) in [5.74, 6) is 1.24. The van der Waals surface area contributed by atoms with Gasteiger partial charge in [-0.1, -0.05) is 64.6 Å². The van der Waals surface area contributed by atoms with Gasteiger partial charge in [0, 0.05) is 33.4 Å². The Balaban J connectivity index is 1.81. The molecule has 0 saturated heterocycles. The van der Waals surface area contributed by atoms with Crippen LogP contribution in [-0.2, 0) is 13.2 Å². The number of hydrogen-bond donors (Lipinski definition) is 1. The third-order valence-electron chi connectivity index (χ3n) is 4.11. The van der Waals surface area contributed by atoms with Gasteiger partial charge in [0.25, 0.3) is 0 Å². The maximum absolute atomic E-state index is 6.25. The molecule has 0 atom stereocenters. The molecule has 3 rings (SSSR count). The molecule has 0 bridgehead atoms. The fraction of sp³-hybridized carbons (Fsp3) is 0.143. The van der Waals surface area contributed by atoms with Crippen molar-refractivity contribution in [3.05, 3.63) is 85.8 Å². The number of halogens is 4. The lowest BCUT2D eigenvalue weighted by Crippen LogP contribution is -2.06. The smallest absolute Gasteiger partial charge is 0.166 e. The molecule has 3 aromatic rings. The van der Waals surface area contributed by atoms with Crippen molar-refractivity contribution >= 4 is 52.1 Å². The molecule has 0 heterocycles. The fourth-order valence-electron chi connectivity index (χ4n) is 2.64. The van der Waals surface area contributed by atoms with Crippen LogP contribution < -0.4 is 14.8 Å². The zero-order valence-corrected chi connectivity index (χ0v) is 18.0. The molecule has 0 aliphatic carbocycles. The van der Waals surface area contributed by atoms with Crippen LogP contribution in [0.3, 0.4) is 0 Å². The maximum Gasteiger partial charge on any atom is 0.166 e. The van der Waals surface area contributed by atoms with Gasteiger partial charge < -0.3 is 14.8 Å². The van der Waals surface area contributed by atoms with E-state index in [4.69, 9.17) is 55.9 Å². The zero-order valence-electron chi connectivity index (χ0n) is 14.9. The van der Waals surface area contributed by atoms with E-state index in [1.165, 1.54) is 0 Å². The number of benzene rings is 3. The van der Waals surface area contributed by atoms with Crippen molar-refractivity contribution in [2.45, 2.75) is 13.2 Å². The summed E-state index contributed by atoms with van der Waals surface area (Å²) < 4.78 is 11.5. The highest BCUT2D eigenvalue weighted by Crippen LogP contribution is 2.34. The molecule has 0 aliphatic heterocycles. The lowest BCUT2D eigenvalue weighted by molar-refractivity contribution is 0.282. The molecule has 0 aliphatic rings. The van der Waals surface area contributed by atoms with Crippen molar-refractivity contribution in [3.63, 3.8) is 0 Å². The van der Waals surface area contributed by atoms with Gasteiger partial charge in [0.1, 0.15) is 6.61 Å². The second-order valence-corrected chi connectivity index (χ2v) is 7.55. The van der Waals surface area contributed by atoms with Crippen LogP contribution in [0.25, 0.3) is 0 Å². The number of methoxy groups -OCH3 is 1. The van der Waals surface area contributed by atoms with Gasteiger partial charge in [-0.2, -0.15) is 0 Å². The van der Waals surface area contributed by atoms with E-state index in [1.807, 2.05) is 24.3 Å². The normalized spacial score (nSPS) is 10.6. The van der Waals surface area contributed by atoms with E-state index in [9.17, 15) is 0 Å². The lowest BCUT2D eigenvalue weighted by Gasteiger charge is -2.17. The van der Waals surface area contributed by atoms with Gasteiger partial charge in [0.15, 0.2) is 11.5 Å². The monoisotopic (exact) mass is 455 g/mol. The first kappa shape index (κ1) is 20.9. The van der Waals surface area contributed by atoms with Crippen LogP contribution in [0.5, 0.6) is 11.5 Å². The quantitative estimate of drug-likeness (QED) is 0.399. The van der Waals surface area contributed by atoms with E-state index in [-0.39, 0.29) is 6.61 Å². The summed E-state index contributed by atoms with van der Waals surface area (Å²) in [7, 11) is 1.60. The first-order chi connectivity index (χ1) is 13.5. The van der Waals surface area contributed by atoms with Crippen LogP contribution in [0.2, 0.25) is 20.1 Å². The Kier molecular flexibility index (Phi) is 7.19. The zero-order chi connectivity index (χ0) is 20.1. The van der Waals surface area contributed by atoms with Crippen molar-refractivity contribution in [2.75, 3.05) is 12.4 Å². The average Bonchev–Trinajstić information content (AvgIpc) is 2.68. The molecule has 0 aromatic heterocycles. The predicted molar refractivity (Wildman–Crippen MR) is 118 cm³/mol. The Hall–Kier alpha value is -1.78. The van der Waals surface area contributed by atoms with E-state index in [0.29, 0.717) is 38.1 Å². The van der Waals surface area contributed by atoms with Gasteiger partial charge >= 0.3 is 0 Å². The van der Waals surface area contributed by atoms with E-state index in [0.717, 1.165) is 16.8 Å². The second-order valence-electron chi connectivity index (χ2n) is 5.92. The molecular formula is C21H17Cl4NO2. The van der Waals surface area contributed by atoms with Gasteiger partial charge in [0.2, 0.25) is 0 Å². The van der Waals surface area contributed by atoms with Crippen LogP contribution in [0.15, 0.2) is 54.6 Å². The maximum atomic E-state index is 6.25. The fourth-order valence-corrected chi connectivity index (χ4v) is 3.45. The predicted octanol–water partition coefficient (Wildman–Crippen LogP) is 7.50. The van der Waals surface area contributed by atoms with Crippen LogP contribution in [-0.4, -0.2) is 7.11 Å². The minimum absolute atomic E-state index is 0.221. The molecule has 146 valence electrons. The molecule has 0 spiro atoms. The SMILES string of the molecule is COc1cccc(CNc2ccc(Cl)c(Cl)c2)c1OCc1c(Cl)cccc1Cl. The molecule has 28 heavy (non-hydrogen) atoms. The molecule has 3 aromatic carbocycles. The van der Waals surface area contributed by atoms with Crippen molar-refractivity contribution in [1.82, 2.24) is 0 Å². The number of hydrogen-bond acceptors (Lipinski definition) is 3. The Morgan fingerprint density at radius 1 is 0.821 bits per heavy atom. The minimum Gasteiger partial charge on any atom is -0.493 e. The van der Waals surface area contributed by atoms with Crippen molar-refractivity contribution in [3.8, 4) is 11.5 Å². The van der Waals surface area contributed by atoms with Crippen LogP contribution in [0.1, 0.15) is 11.1 Å². The molecule has 1 N–H and O–H groups in total. The first-order valence-electron chi connectivity index (χ1n) is 8.40. The summed E-state index contributed by atoms with van der Waals surface area (Å²) in [6.45, 7) is 0.722. The summed E-state index contributed by atoms with van der Waals surface area (Å²) in [6.07, 6.45) is 0. The topological polar surface area (TPSA) is 30.5 Å². The highest BCUT2D eigenvalue weighted by atomic mass is 35.5. The lowest BCUT2D eigenvalue weighted by atomic mass is 10.1. The van der Waals surface area contributed by atoms with Gasteiger partial charge in [-0.15, -0.1) is 0 Å². The summed E-state index contributed by atoms with van der Waals surface area (Å²) in [6, 6.07) is 16.4. The molecule has 7 heteroatoms. The summed E-state index contributed by atoms with van der Waals surface area (Å²) in [5.41, 5.74) is 2.48. The highest BCUT2D eigenvalue weighted by Gasteiger charge is 2.13. The minimum atomic E-state index is 0.221. The summed E-state index contributed by atoms with van der Waals surface area (Å²) >= 11 is 24.5.